The van der Waals surface area contributed by atoms with Crippen molar-refractivity contribution in [3.05, 3.63) is 30.1 Å². The van der Waals surface area contributed by atoms with E-state index in [9.17, 15) is 13.2 Å². The molecule has 1 spiro atoms. The summed E-state index contributed by atoms with van der Waals surface area (Å²) in [6.07, 6.45) is 2.04. The van der Waals surface area contributed by atoms with Crippen LogP contribution in [0.2, 0.25) is 0 Å². The Morgan fingerprint density at radius 2 is 1.88 bits per heavy atom. The fourth-order valence-corrected chi connectivity index (χ4v) is 5.17. The van der Waals surface area contributed by atoms with Crippen molar-refractivity contribution in [3.8, 4) is 0 Å². The van der Waals surface area contributed by atoms with Crippen molar-refractivity contribution in [2.24, 2.45) is 5.41 Å². The summed E-state index contributed by atoms with van der Waals surface area (Å²) in [6.45, 7) is 5.37. The smallest absolute Gasteiger partial charge is 0.379 e. The van der Waals surface area contributed by atoms with Gasteiger partial charge in [0.15, 0.2) is 11.3 Å². The highest BCUT2D eigenvalue weighted by molar-refractivity contribution is 5.71. The number of ether oxygens (including phenoxy) is 1. The van der Waals surface area contributed by atoms with E-state index in [1.54, 1.807) is 17.3 Å². The van der Waals surface area contributed by atoms with Crippen LogP contribution in [0.4, 0.5) is 24.7 Å². The van der Waals surface area contributed by atoms with Crippen molar-refractivity contribution in [1.82, 2.24) is 29.7 Å². The quantitative estimate of drug-likeness (QED) is 0.590. The van der Waals surface area contributed by atoms with E-state index >= 15 is 0 Å². The lowest BCUT2D eigenvalue weighted by Gasteiger charge is -2.49. The van der Waals surface area contributed by atoms with Crippen LogP contribution in [0.25, 0.3) is 11.2 Å². The molecule has 0 radical (unpaired) electrons. The zero-order valence-electron chi connectivity index (χ0n) is 18.1. The van der Waals surface area contributed by atoms with Crippen LogP contribution in [-0.4, -0.2) is 69.1 Å². The van der Waals surface area contributed by atoms with Gasteiger partial charge in [-0.25, -0.2) is 24.6 Å². The Morgan fingerprint density at radius 3 is 2.64 bits per heavy atom. The number of aryl methyl sites for hydroxylation is 1. The van der Waals surface area contributed by atoms with E-state index in [1.807, 2.05) is 4.68 Å². The standard InChI is InChI=1S/C21H23F3N8O/c1-13-25-7-16(18(28-13)21(22,23)24)31-11-20(12-31)3-4-30(10-20)17-8-26-15-6-27-32(19(15)29-17)14-2-5-33-9-14/h6-8,14H,2-5,9-12H2,1H3. The molecule has 3 aromatic heterocycles. The molecule has 6 heterocycles. The first-order valence-electron chi connectivity index (χ1n) is 11.0. The molecule has 0 saturated carbocycles. The minimum absolute atomic E-state index is 0.0565. The van der Waals surface area contributed by atoms with Gasteiger partial charge in [-0.05, 0) is 19.8 Å². The van der Waals surface area contributed by atoms with Crippen molar-refractivity contribution >= 4 is 22.7 Å². The summed E-state index contributed by atoms with van der Waals surface area (Å²) in [7, 11) is 0. The highest BCUT2D eigenvalue weighted by Crippen LogP contribution is 2.45. The normalized spacial score (nSPS) is 22.5. The maximum Gasteiger partial charge on any atom is 0.435 e. The zero-order chi connectivity index (χ0) is 22.8. The molecule has 0 amide bonds. The molecule has 3 aliphatic rings. The molecule has 0 aromatic carbocycles. The SMILES string of the molecule is Cc1ncc(N2CC3(CCN(c4cnc5cnn(C6CCOC6)c5n4)C3)C2)c(C(F)(F)F)n1. The Bertz CT molecular complexity index is 1200. The predicted octanol–water partition coefficient (Wildman–Crippen LogP) is 2.62. The summed E-state index contributed by atoms with van der Waals surface area (Å²) in [5, 5.41) is 4.46. The average molecular weight is 460 g/mol. The first kappa shape index (κ1) is 20.6. The van der Waals surface area contributed by atoms with Crippen molar-refractivity contribution < 1.29 is 17.9 Å². The molecular formula is C21H23F3N8O. The third-order valence-electron chi connectivity index (χ3n) is 6.86. The van der Waals surface area contributed by atoms with E-state index in [4.69, 9.17) is 9.72 Å². The molecule has 3 fully saturated rings. The van der Waals surface area contributed by atoms with Gasteiger partial charge in [0.1, 0.15) is 17.2 Å². The minimum Gasteiger partial charge on any atom is -0.379 e. The maximum atomic E-state index is 13.5. The maximum absolute atomic E-state index is 13.5. The number of nitrogens with zero attached hydrogens (tertiary/aromatic N) is 8. The van der Waals surface area contributed by atoms with Gasteiger partial charge in [-0.15, -0.1) is 0 Å². The van der Waals surface area contributed by atoms with Crippen LogP contribution in [0.15, 0.2) is 18.6 Å². The van der Waals surface area contributed by atoms with E-state index in [2.05, 4.69) is 25.0 Å². The van der Waals surface area contributed by atoms with Crippen molar-refractivity contribution in [2.45, 2.75) is 32.0 Å². The molecule has 9 nitrogen and oxygen atoms in total. The number of anilines is 2. The Hall–Kier alpha value is -3.02. The Morgan fingerprint density at radius 1 is 1.06 bits per heavy atom. The second-order valence-corrected chi connectivity index (χ2v) is 9.22. The predicted molar refractivity (Wildman–Crippen MR) is 113 cm³/mol. The molecule has 174 valence electrons. The highest BCUT2D eigenvalue weighted by Gasteiger charge is 2.50. The molecular weight excluding hydrogens is 437 g/mol. The molecule has 12 heteroatoms. The van der Waals surface area contributed by atoms with Crippen LogP contribution in [0, 0.1) is 12.3 Å². The molecule has 33 heavy (non-hydrogen) atoms. The second-order valence-electron chi connectivity index (χ2n) is 9.22. The lowest BCUT2D eigenvalue weighted by Crippen LogP contribution is -2.58. The van der Waals surface area contributed by atoms with E-state index in [0.717, 1.165) is 42.9 Å². The second kappa shape index (κ2) is 7.24. The van der Waals surface area contributed by atoms with E-state index in [-0.39, 0.29) is 23.0 Å². The third-order valence-corrected chi connectivity index (χ3v) is 6.86. The first-order chi connectivity index (χ1) is 15.8. The van der Waals surface area contributed by atoms with Crippen LogP contribution in [0.1, 0.15) is 30.4 Å². The number of aromatic nitrogens is 6. The summed E-state index contributed by atoms with van der Waals surface area (Å²) in [5.74, 6) is 0.888. The monoisotopic (exact) mass is 460 g/mol. The molecule has 1 unspecified atom stereocenters. The molecule has 6 rings (SSSR count). The van der Waals surface area contributed by atoms with E-state index < -0.39 is 11.9 Å². The largest absolute Gasteiger partial charge is 0.435 e. The summed E-state index contributed by atoms with van der Waals surface area (Å²) in [5.41, 5.74) is 0.602. The van der Waals surface area contributed by atoms with Crippen LogP contribution in [0.3, 0.4) is 0 Å². The van der Waals surface area contributed by atoms with Crippen molar-refractivity contribution in [2.75, 3.05) is 49.2 Å². The minimum atomic E-state index is -4.51. The number of fused-ring (bicyclic) bond motifs is 1. The number of rotatable bonds is 3. The number of hydrogen-bond donors (Lipinski definition) is 0. The molecule has 0 aliphatic carbocycles. The third kappa shape index (κ3) is 3.47. The van der Waals surface area contributed by atoms with Gasteiger partial charge < -0.3 is 14.5 Å². The number of halogens is 3. The summed E-state index contributed by atoms with van der Waals surface area (Å²) in [6, 6.07) is 0.164. The van der Waals surface area contributed by atoms with Gasteiger partial charge in [-0.3, -0.25) is 0 Å². The lowest BCUT2D eigenvalue weighted by atomic mass is 9.78. The Balaban J connectivity index is 1.20. The zero-order valence-corrected chi connectivity index (χ0v) is 18.1. The van der Waals surface area contributed by atoms with Gasteiger partial charge in [-0.2, -0.15) is 18.3 Å². The summed E-state index contributed by atoms with van der Waals surface area (Å²) < 4.78 is 47.9. The van der Waals surface area contributed by atoms with Crippen molar-refractivity contribution in [3.63, 3.8) is 0 Å². The molecule has 3 saturated heterocycles. The Kier molecular flexibility index (Phi) is 4.51. The van der Waals surface area contributed by atoms with Gasteiger partial charge >= 0.3 is 6.18 Å². The summed E-state index contributed by atoms with van der Waals surface area (Å²) >= 11 is 0. The molecule has 1 atom stereocenters. The van der Waals surface area contributed by atoms with E-state index in [0.29, 0.717) is 26.3 Å². The Labute approximate surface area is 187 Å². The number of alkyl halides is 3. The van der Waals surface area contributed by atoms with Gasteiger partial charge in [0.05, 0.1) is 36.9 Å². The van der Waals surface area contributed by atoms with Crippen LogP contribution in [0.5, 0.6) is 0 Å². The van der Waals surface area contributed by atoms with Crippen LogP contribution < -0.4 is 9.80 Å². The number of hydrogen-bond acceptors (Lipinski definition) is 8. The average Bonchev–Trinajstić information content (AvgIpc) is 3.50. The van der Waals surface area contributed by atoms with Gasteiger partial charge in [0, 0.05) is 38.2 Å². The molecule has 3 aromatic rings. The first-order valence-corrected chi connectivity index (χ1v) is 11.0. The fourth-order valence-electron chi connectivity index (χ4n) is 5.17. The molecule has 0 bridgehead atoms. The fraction of sp³-hybridized carbons (Fsp3) is 0.571. The molecule has 0 N–H and O–H groups in total. The van der Waals surface area contributed by atoms with Gasteiger partial charge in [-0.1, -0.05) is 0 Å². The molecule has 3 aliphatic heterocycles. The lowest BCUT2D eigenvalue weighted by molar-refractivity contribution is -0.141. The van der Waals surface area contributed by atoms with E-state index in [1.165, 1.54) is 13.1 Å². The van der Waals surface area contributed by atoms with Crippen molar-refractivity contribution in [1.29, 1.82) is 0 Å². The van der Waals surface area contributed by atoms with Crippen LogP contribution >= 0.6 is 0 Å². The highest BCUT2D eigenvalue weighted by atomic mass is 19.4. The van der Waals surface area contributed by atoms with Gasteiger partial charge in [0.25, 0.3) is 0 Å². The van der Waals surface area contributed by atoms with Crippen LogP contribution in [-0.2, 0) is 10.9 Å². The topological polar surface area (TPSA) is 85.1 Å². The van der Waals surface area contributed by atoms with Gasteiger partial charge in [0.2, 0.25) is 0 Å². The summed E-state index contributed by atoms with van der Waals surface area (Å²) in [4.78, 5) is 21.0.